The Morgan fingerprint density at radius 3 is 2.52 bits per heavy atom. The molecule has 25 heavy (non-hydrogen) atoms. The van der Waals surface area contributed by atoms with E-state index in [4.69, 9.17) is 0 Å². The van der Waals surface area contributed by atoms with Gasteiger partial charge in [-0.3, -0.25) is 14.9 Å². The van der Waals surface area contributed by atoms with Crippen LogP contribution in [0.3, 0.4) is 0 Å². The minimum atomic E-state index is -0.432. The highest BCUT2D eigenvalue weighted by Gasteiger charge is 2.29. The first-order valence-electron chi connectivity index (χ1n) is 9.32. The number of carbonyl (C=O) groups is 2. The maximum atomic E-state index is 14.7. The number of imide groups is 1. The van der Waals surface area contributed by atoms with E-state index in [1.165, 1.54) is 12.5 Å². The molecule has 2 saturated heterocycles. The number of rotatable bonds is 4. The second-order valence-corrected chi connectivity index (χ2v) is 7.77. The molecule has 0 aliphatic carbocycles. The second kappa shape index (κ2) is 7.54. The predicted molar refractivity (Wildman–Crippen MR) is 95.9 cm³/mol. The molecule has 1 aromatic carbocycles. The highest BCUT2D eigenvalue weighted by Crippen LogP contribution is 2.32. The lowest BCUT2D eigenvalue weighted by atomic mass is 9.88. The van der Waals surface area contributed by atoms with Crippen LogP contribution in [0, 0.1) is 17.7 Å². The van der Waals surface area contributed by atoms with Crippen molar-refractivity contribution in [1.29, 1.82) is 0 Å². The Balaban J connectivity index is 1.67. The maximum Gasteiger partial charge on any atom is 0.234 e. The molecule has 2 aliphatic heterocycles. The van der Waals surface area contributed by atoms with Crippen molar-refractivity contribution in [1.82, 2.24) is 5.32 Å². The Labute approximate surface area is 148 Å². The van der Waals surface area contributed by atoms with Gasteiger partial charge < -0.3 is 4.90 Å². The van der Waals surface area contributed by atoms with Crippen LogP contribution in [-0.4, -0.2) is 24.9 Å². The first-order chi connectivity index (χ1) is 11.9. The fraction of sp³-hybridized carbons (Fsp3) is 0.600. The topological polar surface area (TPSA) is 49.4 Å². The highest BCUT2D eigenvalue weighted by molar-refractivity contribution is 6.00. The van der Waals surface area contributed by atoms with Gasteiger partial charge in [-0.25, -0.2) is 4.39 Å². The average Bonchev–Trinajstić information content (AvgIpc) is 2.55. The predicted octanol–water partition coefficient (Wildman–Crippen LogP) is 3.61. The number of nitrogens with one attached hydrogen (secondary N) is 1. The maximum absolute atomic E-state index is 14.7. The van der Waals surface area contributed by atoms with Crippen LogP contribution in [0.1, 0.15) is 57.4 Å². The third kappa shape index (κ3) is 4.20. The largest absolute Gasteiger partial charge is 0.369 e. The number of benzene rings is 1. The van der Waals surface area contributed by atoms with E-state index in [-0.39, 0.29) is 17.6 Å². The van der Waals surface area contributed by atoms with Crippen molar-refractivity contribution in [3.63, 3.8) is 0 Å². The lowest BCUT2D eigenvalue weighted by molar-refractivity contribution is -0.134. The summed E-state index contributed by atoms with van der Waals surface area (Å²) in [6.07, 6.45) is 4.21. The van der Waals surface area contributed by atoms with Gasteiger partial charge in [0, 0.05) is 19.5 Å². The van der Waals surface area contributed by atoms with Gasteiger partial charge in [-0.2, -0.15) is 0 Å². The Morgan fingerprint density at radius 2 is 1.92 bits per heavy atom. The molecule has 1 aromatic rings. The molecule has 0 radical (unpaired) electrons. The standard InChI is InChI=1S/C20H27FN2O2/c1-13(2)11-14-7-9-23(10-8-14)18-5-3-15(12-17(18)21)16-4-6-19(24)22-20(16)25/h3,5,12-14,16H,4,6-11H2,1-2H3,(H,22,24,25). The number of piperidine rings is 2. The summed E-state index contributed by atoms with van der Waals surface area (Å²) >= 11 is 0. The van der Waals surface area contributed by atoms with Crippen LogP contribution < -0.4 is 10.2 Å². The van der Waals surface area contributed by atoms with Crippen molar-refractivity contribution in [3.05, 3.63) is 29.6 Å². The minimum absolute atomic E-state index is 0.248. The molecule has 1 unspecified atom stereocenters. The van der Waals surface area contributed by atoms with Crippen molar-refractivity contribution >= 4 is 17.5 Å². The molecular weight excluding hydrogens is 319 g/mol. The molecule has 5 heteroatoms. The highest BCUT2D eigenvalue weighted by atomic mass is 19.1. The summed E-state index contributed by atoms with van der Waals surface area (Å²) in [7, 11) is 0. The van der Waals surface area contributed by atoms with Crippen molar-refractivity contribution in [3.8, 4) is 0 Å². The SMILES string of the molecule is CC(C)CC1CCN(c2ccc(C3CCC(=O)NC3=O)cc2F)CC1. The number of nitrogens with zero attached hydrogens (tertiary/aromatic N) is 1. The average molecular weight is 346 g/mol. The number of halogens is 1. The molecule has 0 aromatic heterocycles. The summed E-state index contributed by atoms with van der Waals surface area (Å²) in [4.78, 5) is 25.3. The first kappa shape index (κ1) is 17.9. The third-order valence-electron chi connectivity index (χ3n) is 5.37. The van der Waals surface area contributed by atoms with Crippen LogP contribution in [0.5, 0.6) is 0 Å². The molecule has 2 amide bonds. The Bertz CT molecular complexity index is 651. The van der Waals surface area contributed by atoms with E-state index in [2.05, 4.69) is 24.1 Å². The monoisotopic (exact) mass is 346 g/mol. The zero-order valence-electron chi connectivity index (χ0n) is 15.1. The van der Waals surface area contributed by atoms with Gasteiger partial charge in [-0.15, -0.1) is 0 Å². The summed E-state index contributed by atoms with van der Waals surface area (Å²) in [5.74, 6) is 0.172. The number of hydrogen-bond donors (Lipinski definition) is 1. The van der Waals surface area contributed by atoms with Gasteiger partial charge in [0.15, 0.2) is 0 Å². The summed E-state index contributed by atoms with van der Waals surface area (Å²) in [6, 6.07) is 5.09. The molecule has 136 valence electrons. The van der Waals surface area contributed by atoms with E-state index < -0.39 is 5.92 Å². The Kier molecular flexibility index (Phi) is 5.40. The molecule has 2 heterocycles. The van der Waals surface area contributed by atoms with Crippen LogP contribution in [0.4, 0.5) is 10.1 Å². The lowest BCUT2D eigenvalue weighted by Gasteiger charge is -2.34. The first-order valence-corrected chi connectivity index (χ1v) is 9.32. The summed E-state index contributed by atoms with van der Waals surface area (Å²) in [5, 5.41) is 2.33. The van der Waals surface area contributed by atoms with Crippen LogP contribution in [0.2, 0.25) is 0 Å². The van der Waals surface area contributed by atoms with E-state index in [1.54, 1.807) is 6.07 Å². The van der Waals surface area contributed by atoms with E-state index >= 15 is 0 Å². The van der Waals surface area contributed by atoms with Crippen LogP contribution in [-0.2, 0) is 9.59 Å². The Morgan fingerprint density at radius 1 is 1.20 bits per heavy atom. The molecular formula is C20H27FN2O2. The number of anilines is 1. The fourth-order valence-corrected chi connectivity index (χ4v) is 4.08. The Hall–Kier alpha value is -1.91. The van der Waals surface area contributed by atoms with Crippen LogP contribution in [0.25, 0.3) is 0 Å². The number of hydrogen-bond acceptors (Lipinski definition) is 3. The van der Waals surface area contributed by atoms with Gasteiger partial charge >= 0.3 is 0 Å². The van der Waals surface area contributed by atoms with E-state index in [1.807, 2.05) is 6.07 Å². The quantitative estimate of drug-likeness (QED) is 0.848. The van der Waals surface area contributed by atoms with E-state index in [0.717, 1.165) is 31.8 Å². The summed E-state index contributed by atoms with van der Waals surface area (Å²) in [5.41, 5.74) is 1.28. The molecule has 1 atom stereocenters. The third-order valence-corrected chi connectivity index (χ3v) is 5.37. The minimum Gasteiger partial charge on any atom is -0.369 e. The van der Waals surface area contributed by atoms with Crippen LogP contribution in [0.15, 0.2) is 18.2 Å². The van der Waals surface area contributed by atoms with E-state index in [0.29, 0.717) is 30.0 Å². The molecule has 0 spiro atoms. The zero-order chi connectivity index (χ0) is 18.0. The molecule has 4 nitrogen and oxygen atoms in total. The molecule has 2 fully saturated rings. The smallest absolute Gasteiger partial charge is 0.234 e. The molecule has 3 rings (SSSR count). The fourth-order valence-electron chi connectivity index (χ4n) is 4.08. The summed E-state index contributed by atoms with van der Waals surface area (Å²) < 4.78 is 14.7. The molecule has 2 aliphatic rings. The zero-order valence-corrected chi connectivity index (χ0v) is 15.1. The van der Waals surface area contributed by atoms with Crippen molar-refractivity contribution in [2.75, 3.05) is 18.0 Å². The van der Waals surface area contributed by atoms with Gasteiger partial charge in [0.25, 0.3) is 0 Å². The normalized spacial score (nSPS) is 22.4. The molecule has 0 bridgehead atoms. The van der Waals surface area contributed by atoms with Gasteiger partial charge in [0.05, 0.1) is 11.6 Å². The van der Waals surface area contributed by atoms with E-state index in [9.17, 15) is 14.0 Å². The second-order valence-electron chi connectivity index (χ2n) is 7.77. The van der Waals surface area contributed by atoms with Gasteiger partial charge in [0.2, 0.25) is 11.8 Å². The molecule has 1 N–H and O–H groups in total. The van der Waals surface area contributed by atoms with Crippen molar-refractivity contribution in [2.45, 2.75) is 51.9 Å². The van der Waals surface area contributed by atoms with Crippen molar-refractivity contribution in [2.24, 2.45) is 11.8 Å². The van der Waals surface area contributed by atoms with Crippen LogP contribution >= 0.6 is 0 Å². The number of carbonyl (C=O) groups excluding carboxylic acids is 2. The molecule has 0 saturated carbocycles. The summed E-state index contributed by atoms with van der Waals surface area (Å²) in [6.45, 7) is 6.26. The van der Waals surface area contributed by atoms with Crippen molar-refractivity contribution < 1.29 is 14.0 Å². The van der Waals surface area contributed by atoms with Gasteiger partial charge in [0.1, 0.15) is 5.82 Å². The van der Waals surface area contributed by atoms with Gasteiger partial charge in [-0.05, 0) is 55.2 Å². The lowest BCUT2D eigenvalue weighted by Crippen LogP contribution is -2.39. The number of amides is 2. The van der Waals surface area contributed by atoms with Gasteiger partial charge in [-0.1, -0.05) is 19.9 Å².